The van der Waals surface area contributed by atoms with E-state index < -0.39 is 0 Å². The number of aromatic nitrogens is 1. The van der Waals surface area contributed by atoms with Gasteiger partial charge in [-0.1, -0.05) is 13.0 Å². The normalized spacial score (nSPS) is 10.0. The number of rotatable bonds is 7. The number of hydrogen-bond acceptors (Lipinski definition) is 4. The molecule has 1 N–H and O–H groups in total. The first kappa shape index (κ1) is 11.8. The molecule has 4 nitrogen and oxygen atoms in total. The van der Waals surface area contributed by atoms with Crippen LogP contribution in [0.4, 0.5) is 0 Å². The number of likely N-dealkylation sites (N-methyl/N-ethyl adjacent to an activating group) is 1. The van der Waals surface area contributed by atoms with E-state index in [-0.39, 0.29) is 0 Å². The first-order valence-corrected chi connectivity index (χ1v) is 5.30. The van der Waals surface area contributed by atoms with Gasteiger partial charge in [-0.15, -0.1) is 0 Å². The summed E-state index contributed by atoms with van der Waals surface area (Å²) in [6, 6.07) is 5.52. The van der Waals surface area contributed by atoms with Crippen LogP contribution in [0.25, 0.3) is 0 Å². The van der Waals surface area contributed by atoms with Gasteiger partial charge < -0.3 is 14.8 Å². The van der Waals surface area contributed by atoms with Crippen LogP contribution in [-0.2, 0) is 0 Å². The van der Waals surface area contributed by atoms with Crippen molar-refractivity contribution in [2.24, 2.45) is 0 Å². The topological polar surface area (TPSA) is 43.4 Å². The molecule has 1 heterocycles. The van der Waals surface area contributed by atoms with E-state index in [1.54, 1.807) is 0 Å². The van der Waals surface area contributed by atoms with Gasteiger partial charge in [0.05, 0.1) is 6.61 Å². The van der Waals surface area contributed by atoms with E-state index in [0.717, 1.165) is 13.1 Å². The van der Waals surface area contributed by atoms with Crippen molar-refractivity contribution in [3.63, 3.8) is 0 Å². The Bertz CT molecular complexity index is 279. The van der Waals surface area contributed by atoms with Crippen molar-refractivity contribution < 1.29 is 9.47 Å². The van der Waals surface area contributed by atoms with Crippen molar-refractivity contribution in [2.75, 3.05) is 26.3 Å². The fourth-order valence-electron chi connectivity index (χ4n) is 1.11. The fourth-order valence-corrected chi connectivity index (χ4v) is 1.11. The second-order valence-corrected chi connectivity index (χ2v) is 2.95. The lowest BCUT2D eigenvalue weighted by molar-refractivity contribution is 0.286. The molecule has 15 heavy (non-hydrogen) atoms. The Kier molecular flexibility index (Phi) is 5.55. The van der Waals surface area contributed by atoms with Crippen molar-refractivity contribution >= 4 is 0 Å². The first-order valence-electron chi connectivity index (χ1n) is 5.30. The molecule has 0 aliphatic rings. The SMILES string of the molecule is CCNCCOc1cccc(OCC)n1. The Balaban J connectivity index is 2.36. The Hall–Kier alpha value is -1.29. The van der Waals surface area contributed by atoms with Gasteiger partial charge >= 0.3 is 0 Å². The highest BCUT2D eigenvalue weighted by Gasteiger charge is 1.98. The Morgan fingerprint density at radius 1 is 1.20 bits per heavy atom. The predicted molar refractivity (Wildman–Crippen MR) is 59.4 cm³/mol. The van der Waals surface area contributed by atoms with Crippen LogP contribution in [-0.4, -0.2) is 31.3 Å². The molecule has 0 unspecified atom stereocenters. The Morgan fingerprint density at radius 2 is 1.93 bits per heavy atom. The molecule has 0 aliphatic heterocycles. The van der Waals surface area contributed by atoms with Crippen molar-refractivity contribution in [1.29, 1.82) is 0 Å². The summed E-state index contributed by atoms with van der Waals surface area (Å²) in [4.78, 5) is 4.19. The molecule has 1 aromatic rings. The molecule has 0 radical (unpaired) electrons. The average Bonchev–Trinajstić information content (AvgIpc) is 2.26. The molecule has 84 valence electrons. The summed E-state index contributed by atoms with van der Waals surface area (Å²) in [6.45, 7) is 7.02. The Morgan fingerprint density at radius 3 is 2.60 bits per heavy atom. The lowest BCUT2D eigenvalue weighted by atomic mass is 10.5. The second-order valence-electron chi connectivity index (χ2n) is 2.95. The van der Waals surface area contributed by atoms with E-state index in [2.05, 4.69) is 17.2 Å². The van der Waals surface area contributed by atoms with Gasteiger partial charge in [0.15, 0.2) is 0 Å². The zero-order valence-electron chi connectivity index (χ0n) is 9.32. The molecule has 1 aromatic heterocycles. The minimum absolute atomic E-state index is 0.610. The molecule has 0 saturated heterocycles. The number of nitrogens with one attached hydrogen (secondary N) is 1. The van der Waals surface area contributed by atoms with E-state index in [1.807, 2.05) is 25.1 Å². The van der Waals surface area contributed by atoms with Gasteiger partial charge in [0, 0.05) is 18.7 Å². The molecule has 0 spiro atoms. The highest BCUT2D eigenvalue weighted by atomic mass is 16.5. The van der Waals surface area contributed by atoms with Gasteiger partial charge in [-0.2, -0.15) is 4.98 Å². The summed E-state index contributed by atoms with van der Waals surface area (Å²) in [5.41, 5.74) is 0. The average molecular weight is 210 g/mol. The van der Waals surface area contributed by atoms with Crippen LogP contribution < -0.4 is 14.8 Å². The van der Waals surface area contributed by atoms with E-state index >= 15 is 0 Å². The van der Waals surface area contributed by atoms with Crippen LogP contribution in [0, 0.1) is 0 Å². The van der Waals surface area contributed by atoms with Gasteiger partial charge in [-0.05, 0) is 13.5 Å². The molecule has 0 atom stereocenters. The molecule has 4 heteroatoms. The van der Waals surface area contributed by atoms with Gasteiger partial charge in [-0.3, -0.25) is 0 Å². The summed E-state index contributed by atoms with van der Waals surface area (Å²) < 4.78 is 10.7. The molecular weight excluding hydrogens is 192 g/mol. The molecule has 0 aliphatic carbocycles. The van der Waals surface area contributed by atoms with Crippen LogP contribution in [0.15, 0.2) is 18.2 Å². The quantitative estimate of drug-likeness (QED) is 0.692. The van der Waals surface area contributed by atoms with Crippen LogP contribution in [0.1, 0.15) is 13.8 Å². The van der Waals surface area contributed by atoms with Crippen molar-refractivity contribution in [2.45, 2.75) is 13.8 Å². The largest absolute Gasteiger partial charge is 0.478 e. The molecule has 1 rings (SSSR count). The van der Waals surface area contributed by atoms with Gasteiger partial charge in [0.1, 0.15) is 6.61 Å². The summed E-state index contributed by atoms with van der Waals surface area (Å²) in [6.07, 6.45) is 0. The zero-order valence-corrected chi connectivity index (χ0v) is 9.32. The molecule has 0 bridgehead atoms. The molecule has 0 amide bonds. The van der Waals surface area contributed by atoms with Gasteiger partial charge in [0.2, 0.25) is 11.8 Å². The third-order valence-electron chi connectivity index (χ3n) is 1.77. The summed E-state index contributed by atoms with van der Waals surface area (Å²) in [7, 11) is 0. The highest BCUT2D eigenvalue weighted by Crippen LogP contribution is 2.12. The van der Waals surface area contributed by atoms with E-state index in [4.69, 9.17) is 9.47 Å². The summed E-state index contributed by atoms with van der Waals surface area (Å²) >= 11 is 0. The van der Waals surface area contributed by atoms with Crippen molar-refractivity contribution in [1.82, 2.24) is 10.3 Å². The van der Waals surface area contributed by atoms with Crippen LogP contribution in [0.5, 0.6) is 11.8 Å². The Labute approximate surface area is 90.6 Å². The van der Waals surface area contributed by atoms with Crippen LogP contribution >= 0.6 is 0 Å². The highest BCUT2D eigenvalue weighted by molar-refractivity contribution is 5.19. The first-order chi connectivity index (χ1) is 7.36. The monoisotopic (exact) mass is 210 g/mol. The third kappa shape index (κ3) is 4.65. The standard InChI is InChI=1S/C11H18N2O2/c1-3-12-8-9-15-11-7-5-6-10(13-11)14-4-2/h5-7,12H,3-4,8-9H2,1-2H3. The maximum Gasteiger partial charge on any atom is 0.216 e. The number of pyridine rings is 1. The van der Waals surface area contributed by atoms with E-state index in [0.29, 0.717) is 25.0 Å². The van der Waals surface area contributed by atoms with Crippen molar-refractivity contribution in [3.8, 4) is 11.8 Å². The maximum atomic E-state index is 5.44. The third-order valence-corrected chi connectivity index (χ3v) is 1.77. The molecular formula is C11H18N2O2. The van der Waals surface area contributed by atoms with Crippen LogP contribution in [0.3, 0.4) is 0 Å². The van der Waals surface area contributed by atoms with Gasteiger partial charge in [-0.25, -0.2) is 0 Å². The minimum atomic E-state index is 0.610. The molecule has 0 saturated carbocycles. The molecule has 0 fully saturated rings. The minimum Gasteiger partial charge on any atom is -0.478 e. The summed E-state index contributed by atoms with van der Waals surface area (Å²) in [5, 5.41) is 3.17. The lowest BCUT2D eigenvalue weighted by Crippen LogP contribution is -2.20. The smallest absolute Gasteiger partial charge is 0.216 e. The van der Waals surface area contributed by atoms with E-state index in [1.165, 1.54) is 0 Å². The second kappa shape index (κ2) is 7.06. The number of ether oxygens (including phenoxy) is 2. The zero-order chi connectivity index (χ0) is 10.9. The number of hydrogen-bond donors (Lipinski definition) is 1. The summed E-state index contributed by atoms with van der Waals surface area (Å²) in [5.74, 6) is 1.22. The maximum absolute atomic E-state index is 5.44. The molecule has 0 aromatic carbocycles. The van der Waals surface area contributed by atoms with Crippen LogP contribution in [0.2, 0.25) is 0 Å². The fraction of sp³-hybridized carbons (Fsp3) is 0.545. The van der Waals surface area contributed by atoms with E-state index in [9.17, 15) is 0 Å². The lowest BCUT2D eigenvalue weighted by Gasteiger charge is -2.07. The van der Waals surface area contributed by atoms with Gasteiger partial charge in [0.25, 0.3) is 0 Å². The number of nitrogens with zero attached hydrogens (tertiary/aromatic N) is 1. The predicted octanol–water partition coefficient (Wildman–Crippen LogP) is 1.47. The van der Waals surface area contributed by atoms with Crippen molar-refractivity contribution in [3.05, 3.63) is 18.2 Å².